The van der Waals surface area contributed by atoms with Gasteiger partial charge in [-0.1, -0.05) is 13.8 Å². The SMILES string of the molecule is COc1c(N2CCC(=C(F)CNC(C)C)CC2)c(F)cc2c(=O)c(C(=O)O)cn(C3CC3)c12.O=C(O)C(F)(F)F. The van der Waals surface area contributed by atoms with Crippen molar-refractivity contribution in [3.8, 4) is 5.75 Å². The maximum absolute atomic E-state index is 15.4. The normalized spacial score (nSPS) is 15.6. The van der Waals surface area contributed by atoms with Crippen LogP contribution >= 0.6 is 0 Å². The lowest BCUT2D eigenvalue weighted by atomic mass is 10.0. The Bertz CT molecular complexity index is 1370. The van der Waals surface area contributed by atoms with Crippen molar-refractivity contribution in [3.05, 3.63) is 45.3 Å². The number of alkyl halides is 3. The van der Waals surface area contributed by atoms with Gasteiger partial charge >= 0.3 is 18.1 Å². The molecule has 2 fully saturated rings. The molecule has 2 aromatic rings. The number of anilines is 1. The van der Waals surface area contributed by atoms with Crippen molar-refractivity contribution < 1.29 is 46.5 Å². The van der Waals surface area contributed by atoms with Crippen LogP contribution in [0.1, 0.15) is 55.9 Å². The van der Waals surface area contributed by atoms with Crippen LogP contribution in [0.15, 0.2) is 28.5 Å². The number of ether oxygens (including phenoxy) is 1. The number of hydrogen-bond acceptors (Lipinski definition) is 6. The summed E-state index contributed by atoms with van der Waals surface area (Å²) in [4.78, 5) is 35.1. The summed E-state index contributed by atoms with van der Waals surface area (Å²) in [5.74, 6) is -4.72. The molecule has 1 aromatic carbocycles. The number of aromatic carboxylic acids is 1. The first-order valence-electron chi connectivity index (χ1n) is 12.5. The van der Waals surface area contributed by atoms with Gasteiger partial charge in [0, 0.05) is 37.9 Å². The lowest BCUT2D eigenvalue weighted by Crippen LogP contribution is -2.33. The predicted molar refractivity (Wildman–Crippen MR) is 136 cm³/mol. The topological polar surface area (TPSA) is 121 Å². The van der Waals surface area contributed by atoms with Crippen LogP contribution in [-0.2, 0) is 4.79 Å². The third kappa shape index (κ3) is 6.90. The molecule has 9 nitrogen and oxygen atoms in total. The van der Waals surface area contributed by atoms with Gasteiger partial charge in [0.1, 0.15) is 17.1 Å². The number of carboxylic acid groups (broad SMARTS) is 2. The Balaban J connectivity index is 0.000000559. The third-order valence-electron chi connectivity index (χ3n) is 6.55. The first-order chi connectivity index (χ1) is 18.7. The third-order valence-corrected chi connectivity index (χ3v) is 6.55. The minimum Gasteiger partial charge on any atom is -0.492 e. The molecule has 0 unspecified atom stereocenters. The summed E-state index contributed by atoms with van der Waals surface area (Å²) in [5.41, 5.74) is 0.228. The second-order valence-corrected chi connectivity index (χ2v) is 9.79. The Morgan fingerprint density at radius 3 is 2.20 bits per heavy atom. The van der Waals surface area contributed by atoms with Crippen molar-refractivity contribution >= 4 is 28.5 Å². The Labute approximate surface area is 225 Å². The van der Waals surface area contributed by atoms with Crippen LogP contribution in [0.4, 0.5) is 27.6 Å². The van der Waals surface area contributed by atoms with Gasteiger partial charge in [-0.3, -0.25) is 4.79 Å². The van der Waals surface area contributed by atoms with Crippen molar-refractivity contribution in [1.82, 2.24) is 9.88 Å². The molecule has 40 heavy (non-hydrogen) atoms. The standard InChI is InChI=1S/C24H29F2N3O4.C2HF3O2/c1-13(2)27-11-19(26)14-6-8-28(9-7-14)21-18(25)10-16-20(23(21)33-3)29(15-4-5-15)12-17(22(16)30)24(31)32;3-2(4,5)1(6)7/h10,12-13,15,27H,4-9,11H2,1-3H3,(H,31,32);(H,6,7). The van der Waals surface area contributed by atoms with Crippen molar-refractivity contribution in [2.24, 2.45) is 0 Å². The Hall–Kier alpha value is -3.68. The van der Waals surface area contributed by atoms with Gasteiger partial charge in [0.2, 0.25) is 5.43 Å². The fourth-order valence-corrected chi connectivity index (χ4v) is 4.41. The van der Waals surface area contributed by atoms with E-state index in [1.54, 1.807) is 4.57 Å². The Morgan fingerprint density at radius 1 is 1.18 bits per heavy atom. The molecule has 14 heteroatoms. The highest BCUT2D eigenvalue weighted by Crippen LogP contribution is 2.44. The summed E-state index contributed by atoms with van der Waals surface area (Å²) in [7, 11) is 1.41. The second kappa shape index (κ2) is 12.2. The van der Waals surface area contributed by atoms with Gasteiger partial charge in [0.05, 0.1) is 18.0 Å². The minimum absolute atomic E-state index is 0.0108. The number of aromatic nitrogens is 1. The lowest BCUT2D eigenvalue weighted by molar-refractivity contribution is -0.192. The molecule has 2 aliphatic rings. The van der Waals surface area contributed by atoms with E-state index in [1.807, 2.05) is 18.7 Å². The zero-order valence-corrected chi connectivity index (χ0v) is 22.1. The zero-order chi connectivity index (χ0) is 29.9. The maximum Gasteiger partial charge on any atom is 0.490 e. The van der Waals surface area contributed by atoms with E-state index in [9.17, 15) is 32.3 Å². The number of hydrogen-bond donors (Lipinski definition) is 3. The summed E-state index contributed by atoms with van der Waals surface area (Å²) >= 11 is 0. The summed E-state index contributed by atoms with van der Waals surface area (Å²) < 4.78 is 69.0. The van der Waals surface area contributed by atoms with Gasteiger partial charge in [-0.2, -0.15) is 13.2 Å². The largest absolute Gasteiger partial charge is 0.492 e. The van der Waals surface area contributed by atoms with Crippen LogP contribution < -0.4 is 20.4 Å². The van der Waals surface area contributed by atoms with Crippen LogP contribution in [0, 0.1) is 5.82 Å². The highest BCUT2D eigenvalue weighted by molar-refractivity contribution is 5.97. The smallest absolute Gasteiger partial charge is 0.490 e. The second-order valence-electron chi connectivity index (χ2n) is 9.79. The van der Waals surface area contributed by atoms with Crippen LogP contribution in [-0.4, -0.2) is 65.7 Å². The van der Waals surface area contributed by atoms with E-state index in [4.69, 9.17) is 14.6 Å². The Morgan fingerprint density at radius 2 is 1.75 bits per heavy atom. The average Bonchev–Trinajstić information content (AvgIpc) is 3.72. The van der Waals surface area contributed by atoms with Crippen LogP contribution in [0.2, 0.25) is 0 Å². The van der Waals surface area contributed by atoms with Crippen molar-refractivity contribution in [2.45, 2.75) is 57.8 Å². The molecule has 1 aliphatic carbocycles. The van der Waals surface area contributed by atoms with Gasteiger partial charge in [-0.15, -0.1) is 0 Å². The number of aliphatic carboxylic acids is 1. The van der Waals surface area contributed by atoms with Crippen LogP contribution in [0.5, 0.6) is 5.75 Å². The lowest BCUT2D eigenvalue weighted by Gasteiger charge is -2.32. The molecule has 3 N–H and O–H groups in total. The van der Waals surface area contributed by atoms with Crippen molar-refractivity contribution in [2.75, 3.05) is 31.6 Å². The molecular weight excluding hydrogens is 545 g/mol. The summed E-state index contributed by atoms with van der Waals surface area (Å²) in [6, 6.07) is 1.33. The van der Waals surface area contributed by atoms with E-state index >= 15 is 4.39 Å². The van der Waals surface area contributed by atoms with E-state index in [0.717, 1.165) is 24.5 Å². The monoisotopic (exact) mass is 575 g/mol. The predicted octanol–water partition coefficient (Wildman–Crippen LogP) is 4.64. The number of piperidine rings is 1. The molecule has 0 spiro atoms. The number of carboxylic acids is 2. The molecule has 4 rings (SSSR count). The fraction of sp³-hybridized carbons (Fsp3) is 0.500. The first-order valence-corrected chi connectivity index (χ1v) is 12.5. The molecule has 0 bridgehead atoms. The number of nitrogens with one attached hydrogen (secondary N) is 1. The molecule has 1 aliphatic heterocycles. The van der Waals surface area contributed by atoms with E-state index in [1.165, 1.54) is 13.3 Å². The molecule has 1 saturated carbocycles. The fourth-order valence-electron chi connectivity index (χ4n) is 4.41. The van der Waals surface area contributed by atoms with Crippen LogP contribution in [0.3, 0.4) is 0 Å². The molecule has 1 saturated heterocycles. The van der Waals surface area contributed by atoms with Gasteiger partial charge < -0.3 is 29.7 Å². The quantitative estimate of drug-likeness (QED) is 0.409. The van der Waals surface area contributed by atoms with E-state index in [-0.39, 0.29) is 46.8 Å². The van der Waals surface area contributed by atoms with Crippen molar-refractivity contribution in [1.29, 1.82) is 0 Å². The number of halogens is 5. The molecular formula is C26H30F5N3O6. The number of carbonyl (C=O) groups is 2. The van der Waals surface area contributed by atoms with Gasteiger partial charge in [-0.05, 0) is 37.3 Å². The van der Waals surface area contributed by atoms with E-state index < -0.39 is 29.4 Å². The number of nitrogens with zero attached hydrogens (tertiary/aromatic N) is 2. The van der Waals surface area contributed by atoms with Gasteiger partial charge in [0.15, 0.2) is 11.6 Å². The molecule has 1 aromatic heterocycles. The van der Waals surface area contributed by atoms with E-state index in [0.29, 0.717) is 31.4 Å². The maximum atomic E-state index is 15.4. The minimum atomic E-state index is -5.08. The Kier molecular flexibility index (Phi) is 9.44. The molecule has 0 radical (unpaired) electrons. The van der Waals surface area contributed by atoms with Gasteiger partial charge in [0.25, 0.3) is 0 Å². The first kappa shape index (κ1) is 30.9. The number of methoxy groups -OCH3 is 1. The average molecular weight is 576 g/mol. The summed E-state index contributed by atoms with van der Waals surface area (Å²) in [6.07, 6.45) is -1.15. The van der Waals surface area contributed by atoms with Crippen molar-refractivity contribution in [3.63, 3.8) is 0 Å². The van der Waals surface area contributed by atoms with E-state index in [2.05, 4.69) is 5.32 Å². The molecule has 0 amide bonds. The van der Waals surface area contributed by atoms with Crippen LogP contribution in [0.25, 0.3) is 10.9 Å². The molecule has 2 heterocycles. The number of pyridine rings is 1. The number of benzene rings is 1. The highest BCUT2D eigenvalue weighted by Gasteiger charge is 2.38. The number of rotatable bonds is 7. The summed E-state index contributed by atoms with van der Waals surface area (Å²) in [6.45, 7) is 4.90. The highest BCUT2D eigenvalue weighted by atomic mass is 19.4. The number of fused-ring (bicyclic) bond motifs is 1. The van der Waals surface area contributed by atoms with Gasteiger partial charge in [-0.25, -0.2) is 18.4 Å². The molecule has 220 valence electrons. The molecule has 0 atom stereocenters. The zero-order valence-electron chi connectivity index (χ0n) is 22.1. The summed E-state index contributed by atoms with van der Waals surface area (Å²) in [5, 5.41) is 19.6.